The van der Waals surface area contributed by atoms with E-state index in [4.69, 9.17) is 5.11 Å². The van der Waals surface area contributed by atoms with Gasteiger partial charge >= 0.3 is 0 Å². The van der Waals surface area contributed by atoms with Gasteiger partial charge in [0, 0.05) is 12.6 Å². The minimum absolute atomic E-state index is 0.00910. The molecule has 104 valence electrons. The Morgan fingerprint density at radius 3 is 2.12 bits per heavy atom. The number of nitrogens with one attached hydrogen (secondary N) is 1. The summed E-state index contributed by atoms with van der Waals surface area (Å²) in [5, 5.41) is 12.3. The first-order valence-electron chi connectivity index (χ1n) is 6.16. The lowest BCUT2D eigenvalue weighted by Gasteiger charge is -2.22. The van der Waals surface area contributed by atoms with Gasteiger partial charge in [-0.05, 0) is 33.1 Å². The SMILES string of the molecule is CC(C)CC(CO)NCCS(=O)(=O)C(C)(C)C. The number of sulfone groups is 1. The van der Waals surface area contributed by atoms with E-state index in [0.29, 0.717) is 12.5 Å². The van der Waals surface area contributed by atoms with Crippen LogP contribution in [0.5, 0.6) is 0 Å². The number of hydrogen-bond acceptors (Lipinski definition) is 4. The standard InChI is InChI=1S/C12H27NO3S/c1-10(2)8-11(9-14)13-6-7-17(15,16)12(3,4)5/h10-11,13-14H,6-9H2,1-5H3. The molecule has 17 heavy (non-hydrogen) atoms. The first-order chi connectivity index (χ1) is 7.60. The number of aliphatic hydroxyl groups is 1. The second kappa shape index (κ2) is 6.71. The molecule has 0 saturated carbocycles. The molecule has 0 aromatic heterocycles. The van der Waals surface area contributed by atoms with Gasteiger partial charge in [-0.25, -0.2) is 8.42 Å². The van der Waals surface area contributed by atoms with Gasteiger partial charge in [0.05, 0.1) is 17.1 Å². The highest BCUT2D eigenvalue weighted by Gasteiger charge is 2.28. The van der Waals surface area contributed by atoms with E-state index >= 15 is 0 Å². The Morgan fingerprint density at radius 1 is 1.24 bits per heavy atom. The second-order valence-corrected chi connectivity index (χ2v) is 8.76. The first kappa shape index (κ1) is 16.9. The number of hydrogen-bond donors (Lipinski definition) is 2. The van der Waals surface area contributed by atoms with Crippen LogP contribution in [0.2, 0.25) is 0 Å². The Bertz CT molecular complexity index is 304. The molecule has 1 unspecified atom stereocenters. The molecule has 0 radical (unpaired) electrons. The molecule has 0 spiro atoms. The van der Waals surface area contributed by atoms with Gasteiger partial charge in [0.2, 0.25) is 0 Å². The largest absolute Gasteiger partial charge is 0.395 e. The molecule has 0 aliphatic heterocycles. The van der Waals surface area contributed by atoms with Crippen molar-refractivity contribution in [3.05, 3.63) is 0 Å². The highest BCUT2D eigenvalue weighted by Crippen LogP contribution is 2.15. The maximum Gasteiger partial charge on any atom is 0.156 e. The molecule has 0 aromatic rings. The monoisotopic (exact) mass is 265 g/mol. The Kier molecular flexibility index (Phi) is 6.66. The van der Waals surface area contributed by atoms with Crippen molar-refractivity contribution < 1.29 is 13.5 Å². The van der Waals surface area contributed by atoms with Crippen LogP contribution in [0.25, 0.3) is 0 Å². The predicted octanol–water partition coefficient (Wildman–Crippen LogP) is 1.20. The van der Waals surface area contributed by atoms with Gasteiger partial charge in [0.15, 0.2) is 9.84 Å². The summed E-state index contributed by atoms with van der Waals surface area (Å²) >= 11 is 0. The average Bonchev–Trinajstić information content (AvgIpc) is 2.13. The zero-order valence-electron chi connectivity index (χ0n) is 11.7. The van der Waals surface area contributed by atoms with Crippen molar-refractivity contribution in [1.82, 2.24) is 5.32 Å². The van der Waals surface area contributed by atoms with Crippen molar-refractivity contribution in [2.24, 2.45) is 5.92 Å². The van der Waals surface area contributed by atoms with E-state index in [2.05, 4.69) is 19.2 Å². The van der Waals surface area contributed by atoms with E-state index in [9.17, 15) is 8.42 Å². The highest BCUT2D eigenvalue weighted by atomic mass is 32.2. The Morgan fingerprint density at radius 2 is 1.76 bits per heavy atom. The van der Waals surface area contributed by atoms with E-state index in [1.54, 1.807) is 20.8 Å². The van der Waals surface area contributed by atoms with Gasteiger partial charge in [-0.3, -0.25) is 0 Å². The molecule has 0 aromatic carbocycles. The van der Waals surface area contributed by atoms with Gasteiger partial charge in [0.1, 0.15) is 0 Å². The second-order valence-electron chi connectivity index (χ2n) is 5.89. The van der Waals surface area contributed by atoms with E-state index in [1.807, 2.05) is 0 Å². The van der Waals surface area contributed by atoms with Crippen molar-refractivity contribution >= 4 is 9.84 Å². The predicted molar refractivity (Wildman–Crippen MR) is 71.9 cm³/mol. The molecule has 5 heteroatoms. The molecule has 0 rings (SSSR count). The Labute approximate surface area is 106 Å². The number of aliphatic hydroxyl groups excluding tert-OH is 1. The lowest BCUT2D eigenvalue weighted by atomic mass is 10.0. The average molecular weight is 265 g/mol. The molecule has 1 atom stereocenters. The van der Waals surface area contributed by atoms with E-state index in [0.717, 1.165) is 6.42 Å². The summed E-state index contributed by atoms with van der Waals surface area (Å²) in [6, 6.07) is -0.00910. The minimum atomic E-state index is -3.07. The van der Waals surface area contributed by atoms with Gasteiger partial charge < -0.3 is 10.4 Å². The van der Waals surface area contributed by atoms with Crippen molar-refractivity contribution in [3.63, 3.8) is 0 Å². The van der Waals surface area contributed by atoms with Gasteiger partial charge in [0.25, 0.3) is 0 Å². The van der Waals surface area contributed by atoms with Crippen LogP contribution in [-0.2, 0) is 9.84 Å². The third-order valence-electron chi connectivity index (χ3n) is 2.71. The summed E-state index contributed by atoms with van der Waals surface area (Å²) in [5.74, 6) is 0.601. The van der Waals surface area contributed by atoms with E-state index in [-0.39, 0.29) is 18.4 Å². The first-order valence-corrected chi connectivity index (χ1v) is 7.82. The van der Waals surface area contributed by atoms with E-state index in [1.165, 1.54) is 0 Å². The number of rotatable bonds is 7. The molecular weight excluding hydrogens is 238 g/mol. The normalized spacial score (nSPS) is 15.2. The molecule has 0 aliphatic carbocycles. The quantitative estimate of drug-likeness (QED) is 0.726. The van der Waals surface area contributed by atoms with Crippen LogP contribution in [0.1, 0.15) is 41.0 Å². The fourth-order valence-electron chi connectivity index (χ4n) is 1.50. The van der Waals surface area contributed by atoms with Crippen molar-refractivity contribution in [2.75, 3.05) is 18.9 Å². The fourth-order valence-corrected chi connectivity index (χ4v) is 2.49. The topological polar surface area (TPSA) is 66.4 Å². The molecule has 0 fully saturated rings. The zero-order valence-corrected chi connectivity index (χ0v) is 12.5. The summed E-state index contributed by atoms with van der Waals surface area (Å²) in [6.45, 7) is 9.73. The molecule has 0 bridgehead atoms. The van der Waals surface area contributed by atoms with Crippen LogP contribution in [0, 0.1) is 5.92 Å². The van der Waals surface area contributed by atoms with Crippen LogP contribution < -0.4 is 5.32 Å². The van der Waals surface area contributed by atoms with E-state index < -0.39 is 14.6 Å². The molecular formula is C12H27NO3S. The van der Waals surface area contributed by atoms with Gasteiger partial charge in [-0.15, -0.1) is 0 Å². The van der Waals surface area contributed by atoms with Crippen LogP contribution in [-0.4, -0.2) is 43.2 Å². The summed E-state index contributed by atoms with van der Waals surface area (Å²) in [7, 11) is -3.07. The lowest BCUT2D eigenvalue weighted by Crippen LogP contribution is -2.40. The molecule has 0 saturated heterocycles. The van der Waals surface area contributed by atoms with Crippen LogP contribution in [0.15, 0.2) is 0 Å². The van der Waals surface area contributed by atoms with Crippen molar-refractivity contribution in [3.8, 4) is 0 Å². The molecule has 0 aliphatic rings. The molecule has 0 heterocycles. The van der Waals surface area contributed by atoms with Gasteiger partial charge in [-0.1, -0.05) is 13.8 Å². The van der Waals surface area contributed by atoms with Crippen LogP contribution in [0.3, 0.4) is 0 Å². The maximum atomic E-state index is 11.8. The Hall–Kier alpha value is -0.130. The third kappa shape index (κ3) is 6.38. The molecule has 4 nitrogen and oxygen atoms in total. The van der Waals surface area contributed by atoms with Crippen LogP contribution in [0.4, 0.5) is 0 Å². The Balaban J connectivity index is 4.14. The fraction of sp³-hybridized carbons (Fsp3) is 1.00. The van der Waals surface area contributed by atoms with Gasteiger partial charge in [-0.2, -0.15) is 0 Å². The maximum absolute atomic E-state index is 11.8. The lowest BCUT2D eigenvalue weighted by molar-refractivity contribution is 0.226. The summed E-state index contributed by atoms with van der Waals surface area (Å²) in [5.41, 5.74) is 0. The summed E-state index contributed by atoms with van der Waals surface area (Å²) < 4.78 is 23.0. The van der Waals surface area contributed by atoms with Crippen molar-refractivity contribution in [2.45, 2.75) is 51.8 Å². The highest BCUT2D eigenvalue weighted by molar-refractivity contribution is 7.92. The summed E-state index contributed by atoms with van der Waals surface area (Å²) in [6.07, 6.45) is 0.853. The smallest absolute Gasteiger partial charge is 0.156 e. The van der Waals surface area contributed by atoms with Crippen molar-refractivity contribution in [1.29, 1.82) is 0 Å². The third-order valence-corrected chi connectivity index (χ3v) is 5.32. The summed E-state index contributed by atoms with van der Waals surface area (Å²) in [4.78, 5) is 0. The van der Waals surface area contributed by atoms with Crippen LogP contribution >= 0.6 is 0 Å². The minimum Gasteiger partial charge on any atom is -0.395 e. The molecule has 0 amide bonds. The zero-order chi connectivity index (χ0) is 13.7. The molecule has 2 N–H and O–H groups in total.